The monoisotopic (exact) mass is 254 g/mol. The molecule has 19 heavy (non-hydrogen) atoms. The van der Waals surface area contributed by atoms with Crippen molar-refractivity contribution in [3.63, 3.8) is 0 Å². The lowest BCUT2D eigenvalue weighted by Gasteiger charge is -2.26. The quantitative estimate of drug-likeness (QED) is 0.896. The number of fused-ring (bicyclic) bond motifs is 1. The summed E-state index contributed by atoms with van der Waals surface area (Å²) in [5.41, 5.74) is 10.4. The minimum Gasteiger partial charge on any atom is -0.493 e. The van der Waals surface area contributed by atoms with Gasteiger partial charge in [0.25, 0.3) is 0 Å². The van der Waals surface area contributed by atoms with Crippen molar-refractivity contribution in [2.75, 3.05) is 13.2 Å². The molecule has 0 fully saturated rings. The summed E-state index contributed by atoms with van der Waals surface area (Å²) in [6.07, 6.45) is 2.84. The summed E-state index contributed by atoms with van der Waals surface area (Å²) in [5, 5.41) is 0. The summed E-state index contributed by atoms with van der Waals surface area (Å²) in [6.45, 7) is 3.42. The van der Waals surface area contributed by atoms with Crippen LogP contribution in [0.4, 0.5) is 0 Å². The predicted octanol–water partition coefficient (Wildman–Crippen LogP) is 2.88. The van der Waals surface area contributed by atoms with Gasteiger partial charge in [-0.3, -0.25) is 4.98 Å². The van der Waals surface area contributed by atoms with Crippen molar-refractivity contribution < 1.29 is 4.74 Å². The normalized spacial score (nSPS) is 17.7. The molecule has 1 atom stereocenters. The Morgan fingerprint density at radius 2 is 2.26 bits per heavy atom. The number of ether oxygens (including phenoxy) is 1. The van der Waals surface area contributed by atoms with Crippen molar-refractivity contribution in [3.8, 4) is 16.9 Å². The number of pyridine rings is 1. The molecule has 0 amide bonds. The molecule has 2 N–H and O–H groups in total. The number of benzene rings is 1. The van der Waals surface area contributed by atoms with Crippen molar-refractivity contribution in [1.29, 1.82) is 0 Å². The molecule has 1 aromatic carbocycles. The first-order valence-corrected chi connectivity index (χ1v) is 6.68. The van der Waals surface area contributed by atoms with E-state index in [1.165, 1.54) is 5.56 Å². The fraction of sp³-hybridized carbons (Fsp3) is 0.312. The zero-order valence-electron chi connectivity index (χ0n) is 11.1. The average molecular weight is 254 g/mol. The van der Waals surface area contributed by atoms with Gasteiger partial charge < -0.3 is 10.5 Å². The Morgan fingerprint density at radius 1 is 1.37 bits per heavy atom. The Kier molecular flexibility index (Phi) is 3.22. The van der Waals surface area contributed by atoms with Crippen LogP contribution in [0.1, 0.15) is 23.6 Å². The number of nitrogens with two attached hydrogens (primary N) is 1. The molecule has 1 aliphatic heterocycles. The van der Waals surface area contributed by atoms with Gasteiger partial charge >= 0.3 is 0 Å². The first-order valence-electron chi connectivity index (χ1n) is 6.68. The number of nitrogens with zero attached hydrogens (tertiary/aromatic N) is 1. The molecule has 0 saturated carbocycles. The molecule has 0 spiro atoms. The second-order valence-electron chi connectivity index (χ2n) is 4.98. The van der Waals surface area contributed by atoms with Gasteiger partial charge in [0.15, 0.2) is 0 Å². The smallest absolute Gasteiger partial charge is 0.130 e. The third-order valence-corrected chi connectivity index (χ3v) is 3.69. The molecule has 0 unspecified atom stereocenters. The Balaban J connectivity index is 2.13. The van der Waals surface area contributed by atoms with Crippen LogP contribution in [0.5, 0.6) is 5.75 Å². The predicted molar refractivity (Wildman–Crippen MR) is 76.3 cm³/mol. The second kappa shape index (κ2) is 5.02. The molecule has 0 radical (unpaired) electrons. The molecular formula is C16H18N2O. The molecule has 3 heteroatoms. The topological polar surface area (TPSA) is 48.1 Å². The number of para-hydroxylation sites is 1. The standard InChI is InChI=1S/C16H18N2O/c1-11-9-12(5-7-18-11)14-3-2-4-15-13(10-17)6-8-19-16(14)15/h2-5,7,9,13H,6,8,10,17H2,1H3/t13-/m1/s1. The van der Waals surface area contributed by atoms with Crippen LogP contribution in [-0.4, -0.2) is 18.1 Å². The molecular weight excluding hydrogens is 236 g/mol. The molecule has 0 saturated heterocycles. The summed E-state index contributed by atoms with van der Waals surface area (Å²) in [7, 11) is 0. The van der Waals surface area contributed by atoms with Crippen molar-refractivity contribution in [2.45, 2.75) is 19.3 Å². The lowest BCUT2D eigenvalue weighted by molar-refractivity contribution is 0.270. The summed E-state index contributed by atoms with van der Waals surface area (Å²) < 4.78 is 5.90. The number of rotatable bonds is 2. The minimum absolute atomic E-state index is 0.409. The van der Waals surface area contributed by atoms with Gasteiger partial charge in [-0.05, 0) is 43.1 Å². The van der Waals surface area contributed by atoms with Crippen LogP contribution in [0.25, 0.3) is 11.1 Å². The van der Waals surface area contributed by atoms with E-state index in [0.29, 0.717) is 12.5 Å². The van der Waals surface area contributed by atoms with Crippen LogP contribution in [-0.2, 0) is 0 Å². The molecule has 3 nitrogen and oxygen atoms in total. The minimum atomic E-state index is 0.409. The molecule has 1 aromatic heterocycles. The summed E-state index contributed by atoms with van der Waals surface area (Å²) >= 11 is 0. The van der Waals surface area contributed by atoms with Gasteiger partial charge in [-0.15, -0.1) is 0 Å². The van der Waals surface area contributed by atoms with E-state index < -0.39 is 0 Å². The van der Waals surface area contributed by atoms with E-state index >= 15 is 0 Å². The molecule has 1 aliphatic rings. The number of aromatic nitrogens is 1. The van der Waals surface area contributed by atoms with E-state index in [4.69, 9.17) is 10.5 Å². The highest BCUT2D eigenvalue weighted by atomic mass is 16.5. The van der Waals surface area contributed by atoms with E-state index in [9.17, 15) is 0 Å². The van der Waals surface area contributed by atoms with E-state index in [0.717, 1.165) is 35.6 Å². The fourth-order valence-electron chi connectivity index (χ4n) is 2.68. The third-order valence-electron chi connectivity index (χ3n) is 3.69. The Hall–Kier alpha value is -1.87. The maximum absolute atomic E-state index is 5.90. The van der Waals surface area contributed by atoms with Gasteiger partial charge in [0.1, 0.15) is 5.75 Å². The lowest BCUT2D eigenvalue weighted by Crippen LogP contribution is -2.21. The largest absolute Gasteiger partial charge is 0.493 e. The molecule has 3 rings (SSSR count). The summed E-state index contributed by atoms with van der Waals surface area (Å²) in [4.78, 5) is 4.25. The average Bonchev–Trinajstić information content (AvgIpc) is 2.46. The van der Waals surface area contributed by atoms with E-state index in [1.54, 1.807) is 0 Å². The van der Waals surface area contributed by atoms with Crippen LogP contribution in [0, 0.1) is 6.92 Å². The Labute approximate surface area is 113 Å². The molecule has 2 aromatic rings. The van der Waals surface area contributed by atoms with Gasteiger partial charge in [-0.25, -0.2) is 0 Å². The van der Waals surface area contributed by atoms with Crippen LogP contribution >= 0.6 is 0 Å². The molecule has 0 aliphatic carbocycles. The zero-order valence-corrected chi connectivity index (χ0v) is 11.1. The van der Waals surface area contributed by atoms with Gasteiger partial charge in [0.05, 0.1) is 6.61 Å². The van der Waals surface area contributed by atoms with Crippen molar-refractivity contribution >= 4 is 0 Å². The van der Waals surface area contributed by atoms with Crippen LogP contribution in [0.3, 0.4) is 0 Å². The first kappa shape index (κ1) is 12.2. The highest BCUT2D eigenvalue weighted by Gasteiger charge is 2.22. The van der Waals surface area contributed by atoms with Crippen molar-refractivity contribution in [3.05, 3.63) is 47.8 Å². The van der Waals surface area contributed by atoms with E-state index in [-0.39, 0.29) is 0 Å². The maximum atomic E-state index is 5.90. The van der Waals surface area contributed by atoms with Gasteiger partial charge in [-0.2, -0.15) is 0 Å². The number of hydrogen-bond acceptors (Lipinski definition) is 3. The zero-order chi connectivity index (χ0) is 13.2. The summed E-state index contributed by atoms with van der Waals surface area (Å²) in [5.74, 6) is 1.40. The van der Waals surface area contributed by atoms with Crippen molar-refractivity contribution in [2.24, 2.45) is 5.73 Å². The fourth-order valence-corrected chi connectivity index (χ4v) is 2.68. The third kappa shape index (κ3) is 2.22. The Bertz CT molecular complexity index is 595. The molecule has 98 valence electrons. The highest BCUT2D eigenvalue weighted by Crippen LogP contribution is 2.40. The van der Waals surface area contributed by atoms with E-state index in [1.807, 2.05) is 19.2 Å². The summed E-state index contributed by atoms with van der Waals surface area (Å²) in [6, 6.07) is 10.4. The van der Waals surface area contributed by atoms with Crippen LogP contribution in [0.15, 0.2) is 36.5 Å². The SMILES string of the molecule is Cc1cc(-c2cccc3c2OCC[C@@H]3CN)ccn1. The van der Waals surface area contributed by atoms with Crippen LogP contribution < -0.4 is 10.5 Å². The number of aryl methyl sites for hydroxylation is 1. The highest BCUT2D eigenvalue weighted by molar-refractivity contribution is 5.73. The van der Waals surface area contributed by atoms with Gasteiger partial charge in [-0.1, -0.05) is 18.2 Å². The van der Waals surface area contributed by atoms with Crippen LogP contribution in [0.2, 0.25) is 0 Å². The second-order valence-corrected chi connectivity index (χ2v) is 4.98. The lowest BCUT2D eigenvalue weighted by atomic mass is 9.90. The maximum Gasteiger partial charge on any atom is 0.130 e. The van der Waals surface area contributed by atoms with Crippen molar-refractivity contribution in [1.82, 2.24) is 4.98 Å². The van der Waals surface area contributed by atoms with E-state index in [2.05, 4.69) is 29.2 Å². The Morgan fingerprint density at radius 3 is 3.05 bits per heavy atom. The molecule has 2 heterocycles. The first-order chi connectivity index (χ1) is 9.29. The molecule has 0 bridgehead atoms. The van der Waals surface area contributed by atoms with Gasteiger partial charge in [0, 0.05) is 23.4 Å². The van der Waals surface area contributed by atoms with Gasteiger partial charge in [0.2, 0.25) is 0 Å². The number of hydrogen-bond donors (Lipinski definition) is 1.